The predicted molar refractivity (Wildman–Crippen MR) is 132 cm³/mol. The fraction of sp³-hybridized carbons (Fsp3) is 0.600. The highest BCUT2D eigenvalue weighted by Crippen LogP contribution is 2.30. The molecule has 8 heteroatoms. The fourth-order valence-electron chi connectivity index (χ4n) is 4.96. The average Bonchev–Trinajstić information content (AvgIpc) is 3.45. The lowest BCUT2D eigenvalue weighted by Crippen LogP contribution is -2.43. The van der Waals surface area contributed by atoms with Gasteiger partial charge in [-0.15, -0.1) is 0 Å². The minimum Gasteiger partial charge on any atom is -0.351 e. The first-order valence-corrected chi connectivity index (χ1v) is 13.1. The summed E-state index contributed by atoms with van der Waals surface area (Å²) in [6.07, 6.45) is 8.04. The van der Waals surface area contributed by atoms with Crippen LogP contribution in [0.25, 0.3) is 0 Å². The number of thioether (sulfide) groups is 1. The van der Waals surface area contributed by atoms with E-state index in [-0.39, 0.29) is 30.2 Å². The van der Waals surface area contributed by atoms with Gasteiger partial charge in [0.1, 0.15) is 5.25 Å². The van der Waals surface area contributed by atoms with Gasteiger partial charge in [-0.05, 0) is 70.2 Å². The molecule has 4 rings (SSSR count). The molecule has 2 heterocycles. The number of nitrogens with zero attached hydrogens (tertiary/aromatic N) is 3. The molecule has 3 aliphatic rings. The minimum absolute atomic E-state index is 0.0464. The van der Waals surface area contributed by atoms with Gasteiger partial charge in [0.2, 0.25) is 5.91 Å². The summed E-state index contributed by atoms with van der Waals surface area (Å²) in [7, 11) is 0. The van der Waals surface area contributed by atoms with Gasteiger partial charge >= 0.3 is 0 Å². The number of piperidine rings is 1. The largest absolute Gasteiger partial charge is 0.351 e. The Labute approximate surface area is 200 Å². The summed E-state index contributed by atoms with van der Waals surface area (Å²) in [4.78, 5) is 46.3. The minimum atomic E-state index is -0.464. The summed E-state index contributed by atoms with van der Waals surface area (Å²) in [6.45, 7) is 5.98. The van der Waals surface area contributed by atoms with Gasteiger partial charge in [-0.2, -0.15) is 4.99 Å². The molecule has 0 aromatic heterocycles. The number of nitrogens with one attached hydrogen (secondary N) is 1. The zero-order valence-electron chi connectivity index (χ0n) is 19.6. The molecular weight excluding hydrogens is 436 g/mol. The van der Waals surface area contributed by atoms with E-state index in [1.165, 1.54) is 31.0 Å². The third-order valence-electron chi connectivity index (χ3n) is 6.65. The first-order chi connectivity index (χ1) is 15.9. The lowest BCUT2D eigenvalue weighted by atomic mass is 10.1. The SMILES string of the molecule is CC(C)N(C(=O)c1ccc(NC(=O)CC2SC(N3CCCCC3)=NC2=O)cc1)C1CCCC1. The Balaban J connectivity index is 1.31. The molecule has 2 aliphatic heterocycles. The molecule has 0 spiro atoms. The van der Waals surface area contributed by atoms with Crippen molar-refractivity contribution in [2.45, 2.75) is 82.5 Å². The molecule has 1 atom stereocenters. The van der Waals surface area contributed by atoms with E-state index in [0.29, 0.717) is 17.3 Å². The predicted octanol–water partition coefficient (Wildman–Crippen LogP) is 4.29. The Kier molecular flexibility index (Phi) is 7.73. The molecule has 1 aromatic rings. The van der Waals surface area contributed by atoms with Crippen molar-refractivity contribution in [2.24, 2.45) is 4.99 Å². The smallest absolute Gasteiger partial charge is 0.262 e. The van der Waals surface area contributed by atoms with Crippen molar-refractivity contribution in [1.29, 1.82) is 0 Å². The zero-order valence-corrected chi connectivity index (χ0v) is 20.4. The highest BCUT2D eigenvalue weighted by Gasteiger charge is 2.33. The molecule has 3 amide bonds. The molecule has 0 radical (unpaired) electrons. The quantitative estimate of drug-likeness (QED) is 0.671. The number of amides is 3. The van der Waals surface area contributed by atoms with E-state index in [0.717, 1.165) is 43.9 Å². The molecule has 1 aromatic carbocycles. The van der Waals surface area contributed by atoms with Crippen molar-refractivity contribution in [2.75, 3.05) is 18.4 Å². The van der Waals surface area contributed by atoms with Gasteiger partial charge in [-0.1, -0.05) is 24.6 Å². The van der Waals surface area contributed by atoms with Crippen molar-refractivity contribution in [3.63, 3.8) is 0 Å². The molecule has 178 valence electrons. The number of hydrogen-bond acceptors (Lipinski definition) is 5. The van der Waals surface area contributed by atoms with Crippen LogP contribution in [-0.2, 0) is 9.59 Å². The maximum absolute atomic E-state index is 13.1. The van der Waals surface area contributed by atoms with Crippen molar-refractivity contribution in [1.82, 2.24) is 9.80 Å². The van der Waals surface area contributed by atoms with Crippen LogP contribution < -0.4 is 5.32 Å². The second-order valence-electron chi connectivity index (χ2n) is 9.46. The first-order valence-electron chi connectivity index (χ1n) is 12.2. The Bertz CT molecular complexity index is 903. The van der Waals surface area contributed by atoms with Crippen LogP contribution >= 0.6 is 11.8 Å². The van der Waals surface area contributed by atoms with Crippen LogP contribution in [0.2, 0.25) is 0 Å². The van der Waals surface area contributed by atoms with Crippen LogP contribution in [0.1, 0.15) is 75.6 Å². The van der Waals surface area contributed by atoms with Gasteiger partial charge < -0.3 is 15.1 Å². The number of hydrogen-bond donors (Lipinski definition) is 1. The molecule has 2 fully saturated rings. The first kappa shape index (κ1) is 23.8. The molecule has 1 N–H and O–H groups in total. The zero-order chi connectivity index (χ0) is 23.4. The van der Waals surface area contributed by atoms with E-state index in [4.69, 9.17) is 0 Å². The Hall–Kier alpha value is -2.35. The van der Waals surface area contributed by atoms with Gasteiger partial charge in [0, 0.05) is 42.8 Å². The number of carbonyl (C=O) groups is 3. The maximum Gasteiger partial charge on any atom is 0.262 e. The summed E-state index contributed by atoms with van der Waals surface area (Å²) in [6, 6.07) is 7.54. The summed E-state index contributed by atoms with van der Waals surface area (Å²) < 4.78 is 0. The van der Waals surface area contributed by atoms with Gasteiger partial charge in [0.05, 0.1) is 0 Å². The maximum atomic E-state index is 13.1. The monoisotopic (exact) mass is 470 g/mol. The van der Waals surface area contributed by atoms with Gasteiger partial charge in [-0.3, -0.25) is 14.4 Å². The van der Waals surface area contributed by atoms with Gasteiger partial charge in [0.15, 0.2) is 5.17 Å². The lowest BCUT2D eigenvalue weighted by molar-refractivity contribution is -0.121. The van der Waals surface area contributed by atoms with Crippen molar-refractivity contribution >= 4 is 40.3 Å². The lowest BCUT2D eigenvalue weighted by Gasteiger charge is -2.33. The molecule has 33 heavy (non-hydrogen) atoms. The van der Waals surface area contributed by atoms with E-state index >= 15 is 0 Å². The van der Waals surface area contributed by atoms with Crippen LogP contribution in [0, 0.1) is 0 Å². The molecule has 1 saturated carbocycles. The van der Waals surface area contributed by atoms with Crippen molar-refractivity contribution < 1.29 is 14.4 Å². The van der Waals surface area contributed by atoms with Gasteiger partial charge in [-0.25, -0.2) is 0 Å². The normalized spacial score (nSPS) is 21.4. The molecular formula is C25H34N4O3S. The Morgan fingerprint density at radius 2 is 1.76 bits per heavy atom. The summed E-state index contributed by atoms with van der Waals surface area (Å²) in [5, 5.41) is 3.16. The second kappa shape index (κ2) is 10.7. The van der Waals surface area contributed by atoms with E-state index in [9.17, 15) is 14.4 Å². The number of anilines is 1. The topological polar surface area (TPSA) is 82.1 Å². The fourth-order valence-corrected chi connectivity index (χ4v) is 6.08. The second-order valence-corrected chi connectivity index (χ2v) is 10.6. The van der Waals surface area contributed by atoms with E-state index in [1.54, 1.807) is 24.3 Å². The van der Waals surface area contributed by atoms with Crippen LogP contribution in [0.15, 0.2) is 29.3 Å². The number of aliphatic imine (C=N–C) groups is 1. The number of benzene rings is 1. The molecule has 1 aliphatic carbocycles. The highest BCUT2D eigenvalue weighted by atomic mass is 32.2. The molecule has 1 saturated heterocycles. The molecule has 1 unspecified atom stereocenters. The third-order valence-corrected chi connectivity index (χ3v) is 7.86. The number of carbonyl (C=O) groups excluding carboxylic acids is 3. The average molecular weight is 471 g/mol. The third kappa shape index (κ3) is 5.78. The van der Waals surface area contributed by atoms with Crippen LogP contribution in [0.3, 0.4) is 0 Å². The van der Waals surface area contributed by atoms with Crippen molar-refractivity contribution in [3.8, 4) is 0 Å². The van der Waals surface area contributed by atoms with Gasteiger partial charge in [0.25, 0.3) is 11.8 Å². The number of rotatable bonds is 6. The van der Waals surface area contributed by atoms with Crippen molar-refractivity contribution in [3.05, 3.63) is 29.8 Å². The molecule has 7 nitrogen and oxygen atoms in total. The number of likely N-dealkylation sites (tertiary alicyclic amines) is 1. The van der Waals surface area contributed by atoms with E-state index in [2.05, 4.69) is 29.1 Å². The Morgan fingerprint density at radius 3 is 2.39 bits per heavy atom. The Morgan fingerprint density at radius 1 is 1.09 bits per heavy atom. The summed E-state index contributed by atoms with van der Waals surface area (Å²) in [5.41, 5.74) is 1.26. The van der Waals surface area contributed by atoms with Crippen LogP contribution in [-0.4, -0.2) is 63.1 Å². The molecule has 0 bridgehead atoms. The highest BCUT2D eigenvalue weighted by molar-refractivity contribution is 8.15. The standard InChI is InChI=1S/C25H34N4O3S/c1-17(2)29(20-8-4-5-9-20)24(32)18-10-12-19(13-11-18)26-22(30)16-21-23(31)27-25(33-21)28-14-6-3-7-15-28/h10-13,17,20-21H,3-9,14-16H2,1-2H3,(H,26,30). The summed E-state index contributed by atoms with van der Waals surface area (Å²) >= 11 is 1.40. The van der Waals surface area contributed by atoms with Crippen LogP contribution in [0.4, 0.5) is 5.69 Å². The van der Waals surface area contributed by atoms with Crippen LogP contribution in [0.5, 0.6) is 0 Å². The van der Waals surface area contributed by atoms with E-state index < -0.39 is 5.25 Å². The van der Waals surface area contributed by atoms with E-state index in [1.807, 2.05) is 4.90 Å². The number of amidine groups is 1. The summed E-state index contributed by atoms with van der Waals surface area (Å²) in [5.74, 6) is -0.396.